The minimum atomic E-state index is 0.308. The molecule has 21 heavy (non-hydrogen) atoms. The van der Waals surface area contributed by atoms with Gasteiger partial charge in [0.25, 0.3) is 0 Å². The molecule has 0 radical (unpaired) electrons. The summed E-state index contributed by atoms with van der Waals surface area (Å²) in [7, 11) is 0. The number of halogens is 3. The van der Waals surface area contributed by atoms with Gasteiger partial charge in [0.2, 0.25) is 0 Å². The van der Waals surface area contributed by atoms with Gasteiger partial charge in [0.05, 0.1) is 21.4 Å². The van der Waals surface area contributed by atoms with Gasteiger partial charge in [-0.15, -0.1) is 5.10 Å². The normalized spacial score (nSPS) is 10.8. The largest absolute Gasteiger partial charge is 0.397 e. The quantitative estimate of drug-likeness (QED) is 0.719. The first-order valence-corrected chi connectivity index (χ1v) is 6.99. The molecule has 5 nitrogen and oxygen atoms in total. The summed E-state index contributed by atoms with van der Waals surface area (Å²) in [6, 6.07) is 10.5. The van der Waals surface area contributed by atoms with Gasteiger partial charge in [0.15, 0.2) is 5.82 Å². The number of benzene rings is 2. The number of hydrogen-bond donors (Lipinski definition) is 1. The van der Waals surface area contributed by atoms with Crippen LogP contribution < -0.4 is 5.73 Å². The summed E-state index contributed by atoms with van der Waals surface area (Å²) in [5, 5.41) is 12.9. The Labute approximate surface area is 135 Å². The molecule has 0 bridgehead atoms. The number of nitrogens with zero attached hydrogens (tertiary/aromatic N) is 4. The highest BCUT2D eigenvalue weighted by atomic mass is 35.5. The maximum absolute atomic E-state index is 6.05. The fraction of sp³-hybridized carbons (Fsp3) is 0. The second kappa shape index (κ2) is 5.52. The van der Waals surface area contributed by atoms with Crippen molar-refractivity contribution < 1.29 is 0 Å². The Morgan fingerprint density at radius 3 is 2.57 bits per heavy atom. The molecule has 3 aromatic rings. The molecule has 0 aliphatic rings. The molecular formula is C13H8Cl3N5. The molecule has 0 aliphatic carbocycles. The molecule has 106 valence electrons. The Morgan fingerprint density at radius 1 is 1.05 bits per heavy atom. The summed E-state index contributed by atoms with van der Waals surface area (Å²) < 4.78 is 1.55. The molecular weight excluding hydrogens is 333 g/mol. The number of anilines is 1. The highest BCUT2D eigenvalue weighted by molar-refractivity contribution is 6.43. The smallest absolute Gasteiger partial charge is 0.187 e. The molecule has 0 fully saturated rings. The molecule has 1 aromatic heterocycles. The van der Waals surface area contributed by atoms with Crippen LogP contribution in [-0.4, -0.2) is 20.2 Å². The van der Waals surface area contributed by atoms with E-state index in [1.165, 1.54) is 0 Å². The SMILES string of the molecule is Nc1cc(-c2nnnn2-c2cccc(Cl)c2)cc(Cl)c1Cl. The van der Waals surface area contributed by atoms with Crippen molar-refractivity contribution in [3.8, 4) is 17.1 Å². The molecule has 2 N–H and O–H groups in total. The zero-order chi connectivity index (χ0) is 15.0. The highest BCUT2D eigenvalue weighted by Gasteiger charge is 2.14. The van der Waals surface area contributed by atoms with Crippen molar-refractivity contribution in [3.63, 3.8) is 0 Å². The average Bonchev–Trinajstić information content (AvgIpc) is 2.93. The van der Waals surface area contributed by atoms with Crippen molar-refractivity contribution in [2.45, 2.75) is 0 Å². The molecule has 0 unspecified atom stereocenters. The molecule has 2 aromatic carbocycles. The van der Waals surface area contributed by atoms with Crippen LogP contribution in [-0.2, 0) is 0 Å². The molecule has 0 saturated carbocycles. The van der Waals surface area contributed by atoms with Crippen molar-refractivity contribution in [1.29, 1.82) is 0 Å². The van der Waals surface area contributed by atoms with Crippen LogP contribution in [0.4, 0.5) is 5.69 Å². The van der Waals surface area contributed by atoms with Crippen LogP contribution in [0.2, 0.25) is 15.1 Å². The molecule has 0 aliphatic heterocycles. The molecule has 0 amide bonds. The number of aromatic nitrogens is 4. The van der Waals surface area contributed by atoms with E-state index in [1.807, 2.05) is 12.1 Å². The molecule has 0 saturated heterocycles. The van der Waals surface area contributed by atoms with E-state index < -0.39 is 0 Å². The average molecular weight is 341 g/mol. The van der Waals surface area contributed by atoms with E-state index in [0.717, 1.165) is 5.69 Å². The number of nitrogen functional groups attached to an aromatic ring is 1. The van der Waals surface area contributed by atoms with E-state index in [4.69, 9.17) is 40.5 Å². The van der Waals surface area contributed by atoms with E-state index >= 15 is 0 Å². The van der Waals surface area contributed by atoms with E-state index in [-0.39, 0.29) is 0 Å². The minimum Gasteiger partial charge on any atom is -0.397 e. The lowest BCUT2D eigenvalue weighted by Gasteiger charge is -2.07. The van der Waals surface area contributed by atoms with Crippen molar-refractivity contribution in [2.75, 3.05) is 5.73 Å². The fourth-order valence-corrected chi connectivity index (χ4v) is 2.41. The summed E-state index contributed by atoms with van der Waals surface area (Å²) in [6.07, 6.45) is 0. The number of rotatable bonds is 2. The van der Waals surface area contributed by atoms with Crippen LogP contribution in [0.15, 0.2) is 36.4 Å². The van der Waals surface area contributed by atoms with Crippen LogP contribution in [0.5, 0.6) is 0 Å². The topological polar surface area (TPSA) is 69.6 Å². The van der Waals surface area contributed by atoms with Gasteiger partial charge < -0.3 is 5.73 Å². The van der Waals surface area contributed by atoms with Gasteiger partial charge in [-0.3, -0.25) is 0 Å². The third kappa shape index (κ3) is 2.68. The minimum absolute atomic E-state index is 0.308. The summed E-state index contributed by atoms with van der Waals surface area (Å²) in [5.74, 6) is 0.488. The first-order chi connectivity index (χ1) is 10.1. The molecule has 3 rings (SSSR count). The predicted molar refractivity (Wildman–Crippen MR) is 84.0 cm³/mol. The Kier molecular flexibility index (Phi) is 3.71. The van der Waals surface area contributed by atoms with Crippen LogP contribution in [0.3, 0.4) is 0 Å². The maximum atomic E-state index is 6.05. The van der Waals surface area contributed by atoms with Gasteiger partial charge in [-0.1, -0.05) is 40.9 Å². The molecule has 0 atom stereocenters. The van der Waals surface area contributed by atoms with Crippen molar-refractivity contribution in [3.05, 3.63) is 51.5 Å². The standard InChI is InChI=1S/C13H8Cl3N5/c14-8-2-1-3-9(6-8)21-13(18-19-20-21)7-4-10(15)12(16)11(17)5-7/h1-6H,17H2. The number of tetrazole rings is 1. The third-order valence-electron chi connectivity index (χ3n) is 2.84. The van der Waals surface area contributed by atoms with Gasteiger partial charge >= 0.3 is 0 Å². The second-order valence-electron chi connectivity index (χ2n) is 4.26. The van der Waals surface area contributed by atoms with Gasteiger partial charge in [0.1, 0.15) is 0 Å². The van der Waals surface area contributed by atoms with E-state index in [0.29, 0.717) is 32.1 Å². The Morgan fingerprint density at radius 2 is 1.86 bits per heavy atom. The second-order valence-corrected chi connectivity index (χ2v) is 5.48. The Hall–Kier alpha value is -1.82. The van der Waals surface area contributed by atoms with E-state index in [2.05, 4.69) is 15.5 Å². The lowest BCUT2D eigenvalue weighted by molar-refractivity contribution is 0.791. The number of hydrogen-bond acceptors (Lipinski definition) is 4. The lowest BCUT2D eigenvalue weighted by Crippen LogP contribution is -2.00. The van der Waals surface area contributed by atoms with Crippen molar-refractivity contribution in [2.24, 2.45) is 0 Å². The van der Waals surface area contributed by atoms with Crippen LogP contribution in [0.1, 0.15) is 0 Å². The van der Waals surface area contributed by atoms with Gasteiger partial charge in [0, 0.05) is 10.6 Å². The lowest BCUT2D eigenvalue weighted by atomic mass is 10.2. The Bertz CT molecular complexity index is 792. The van der Waals surface area contributed by atoms with Crippen LogP contribution in [0, 0.1) is 0 Å². The van der Waals surface area contributed by atoms with Crippen LogP contribution >= 0.6 is 34.8 Å². The monoisotopic (exact) mass is 339 g/mol. The van der Waals surface area contributed by atoms with Gasteiger partial charge in [-0.2, -0.15) is 4.68 Å². The Balaban J connectivity index is 2.16. The van der Waals surface area contributed by atoms with E-state index in [9.17, 15) is 0 Å². The summed E-state index contributed by atoms with van der Waals surface area (Å²) in [4.78, 5) is 0. The maximum Gasteiger partial charge on any atom is 0.187 e. The van der Waals surface area contributed by atoms with Gasteiger partial charge in [-0.05, 0) is 40.8 Å². The number of nitrogens with two attached hydrogens (primary N) is 1. The summed E-state index contributed by atoms with van der Waals surface area (Å²) in [6.45, 7) is 0. The van der Waals surface area contributed by atoms with Crippen molar-refractivity contribution in [1.82, 2.24) is 20.2 Å². The first-order valence-electron chi connectivity index (χ1n) is 5.85. The summed E-state index contributed by atoms with van der Waals surface area (Å²) >= 11 is 18.0. The zero-order valence-electron chi connectivity index (χ0n) is 10.5. The van der Waals surface area contributed by atoms with Gasteiger partial charge in [-0.25, -0.2) is 0 Å². The molecule has 1 heterocycles. The molecule has 0 spiro atoms. The zero-order valence-corrected chi connectivity index (χ0v) is 12.7. The molecule has 8 heteroatoms. The highest BCUT2D eigenvalue weighted by Crippen LogP contribution is 2.33. The summed E-state index contributed by atoms with van der Waals surface area (Å²) in [5.41, 5.74) is 7.57. The first kappa shape index (κ1) is 14.1. The van der Waals surface area contributed by atoms with Crippen molar-refractivity contribution >= 4 is 40.5 Å². The fourth-order valence-electron chi connectivity index (χ4n) is 1.89. The van der Waals surface area contributed by atoms with E-state index in [1.54, 1.807) is 28.9 Å². The third-order valence-corrected chi connectivity index (χ3v) is 3.89. The predicted octanol–water partition coefficient (Wildman–Crippen LogP) is 3.87. The van der Waals surface area contributed by atoms with Crippen LogP contribution in [0.25, 0.3) is 17.1 Å².